The van der Waals surface area contributed by atoms with Gasteiger partial charge in [-0.1, -0.05) is 0 Å². The quantitative estimate of drug-likeness (QED) is 0.588. The van der Waals surface area contributed by atoms with Crippen molar-refractivity contribution in [3.8, 4) is 5.75 Å². The van der Waals surface area contributed by atoms with E-state index >= 15 is 0 Å². The third-order valence-electron chi connectivity index (χ3n) is 4.57. The molecule has 2 aromatic heterocycles. The molecule has 1 aromatic carbocycles. The van der Waals surface area contributed by atoms with Crippen molar-refractivity contribution in [2.45, 2.75) is 12.5 Å². The van der Waals surface area contributed by atoms with Crippen molar-refractivity contribution >= 4 is 17.3 Å². The first kappa shape index (κ1) is 19.7. The minimum Gasteiger partial charge on any atom is -0.489 e. The SMILES string of the molecule is O=C(CNc1ccc(F)cc1OCCO)N1N=C(c2ccco2)CC1c1ccco1. The maximum Gasteiger partial charge on any atom is 0.262 e. The molecule has 1 unspecified atom stereocenters. The fourth-order valence-corrected chi connectivity index (χ4v) is 3.20. The summed E-state index contributed by atoms with van der Waals surface area (Å²) in [4.78, 5) is 13.0. The van der Waals surface area contributed by atoms with Crippen molar-refractivity contribution in [3.63, 3.8) is 0 Å². The number of hydrogen-bond acceptors (Lipinski definition) is 7. The fraction of sp³-hybridized carbons (Fsp3) is 0.238. The number of amides is 1. The van der Waals surface area contributed by atoms with Crippen LogP contribution in [0.4, 0.5) is 10.1 Å². The third kappa shape index (κ3) is 4.20. The number of aliphatic hydroxyl groups is 1. The van der Waals surface area contributed by atoms with Crippen molar-refractivity contribution in [2.75, 3.05) is 25.1 Å². The van der Waals surface area contributed by atoms with Crippen LogP contribution in [0.25, 0.3) is 0 Å². The lowest BCUT2D eigenvalue weighted by Gasteiger charge is -2.20. The van der Waals surface area contributed by atoms with E-state index in [0.717, 1.165) is 0 Å². The minimum atomic E-state index is -0.482. The minimum absolute atomic E-state index is 0.00950. The molecule has 8 nitrogen and oxygen atoms in total. The van der Waals surface area contributed by atoms with Gasteiger partial charge in [0.1, 0.15) is 41.4 Å². The normalized spacial score (nSPS) is 15.9. The van der Waals surface area contributed by atoms with Crippen LogP contribution in [0.3, 0.4) is 0 Å². The number of rotatable bonds is 8. The van der Waals surface area contributed by atoms with Gasteiger partial charge < -0.3 is 24.0 Å². The number of anilines is 1. The first-order chi connectivity index (χ1) is 14.7. The average Bonchev–Trinajstić information content (AvgIpc) is 3.51. The fourth-order valence-electron chi connectivity index (χ4n) is 3.20. The maximum atomic E-state index is 13.5. The van der Waals surface area contributed by atoms with Gasteiger partial charge in [-0.15, -0.1) is 0 Å². The summed E-state index contributed by atoms with van der Waals surface area (Å²) in [6.45, 7) is -0.305. The second-order valence-electron chi connectivity index (χ2n) is 6.56. The molecule has 4 rings (SSSR count). The number of nitrogens with one attached hydrogen (secondary N) is 1. The standard InChI is InChI=1S/C21H20FN3O5/c22-14-5-6-15(20(11-14)30-10-7-26)23-13-21(27)25-17(19-4-2-9-29-19)12-16(24-25)18-3-1-8-28-18/h1-6,8-9,11,17,23,26H,7,10,12-13H2. The molecular weight excluding hydrogens is 393 g/mol. The zero-order chi connectivity index (χ0) is 20.9. The van der Waals surface area contributed by atoms with Gasteiger partial charge >= 0.3 is 0 Å². The lowest BCUT2D eigenvalue weighted by molar-refractivity contribution is -0.131. The number of benzene rings is 1. The smallest absolute Gasteiger partial charge is 0.262 e. The van der Waals surface area contributed by atoms with E-state index in [0.29, 0.717) is 29.3 Å². The molecule has 156 valence electrons. The second kappa shape index (κ2) is 8.83. The molecule has 2 N–H and O–H groups in total. The summed E-state index contributed by atoms with van der Waals surface area (Å²) in [7, 11) is 0. The lowest BCUT2D eigenvalue weighted by Crippen LogP contribution is -2.32. The summed E-state index contributed by atoms with van der Waals surface area (Å²) < 4.78 is 29.8. The topological polar surface area (TPSA) is 100 Å². The highest BCUT2D eigenvalue weighted by Crippen LogP contribution is 2.33. The Morgan fingerprint density at radius 1 is 1.27 bits per heavy atom. The molecule has 9 heteroatoms. The highest BCUT2D eigenvalue weighted by Gasteiger charge is 2.35. The summed E-state index contributed by atoms with van der Waals surface area (Å²) in [6, 6.07) is 10.6. The van der Waals surface area contributed by atoms with Crippen LogP contribution >= 0.6 is 0 Å². The molecule has 0 saturated carbocycles. The largest absolute Gasteiger partial charge is 0.489 e. The zero-order valence-corrected chi connectivity index (χ0v) is 16.0. The number of hydrazone groups is 1. The molecule has 0 radical (unpaired) electrons. The number of aliphatic hydroxyl groups excluding tert-OH is 1. The number of nitrogens with zero attached hydrogens (tertiary/aromatic N) is 2. The van der Waals surface area contributed by atoms with Crippen molar-refractivity contribution in [3.05, 3.63) is 72.3 Å². The predicted molar refractivity (Wildman–Crippen MR) is 106 cm³/mol. The highest BCUT2D eigenvalue weighted by molar-refractivity contribution is 6.01. The summed E-state index contributed by atoms with van der Waals surface area (Å²) in [5, 5.41) is 17.7. The first-order valence-corrected chi connectivity index (χ1v) is 9.39. The molecule has 3 aromatic rings. The number of carbonyl (C=O) groups excluding carboxylic acids is 1. The van der Waals surface area contributed by atoms with Crippen LogP contribution in [0.5, 0.6) is 5.75 Å². The number of carbonyl (C=O) groups is 1. The van der Waals surface area contributed by atoms with Crippen LogP contribution in [0.15, 0.2) is 68.9 Å². The summed E-state index contributed by atoms with van der Waals surface area (Å²) >= 11 is 0. The van der Waals surface area contributed by atoms with E-state index < -0.39 is 11.9 Å². The molecule has 1 amide bonds. The van der Waals surface area contributed by atoms with Crippen molar-refractivity contribution < 1.29 is 27.9 Å². The van der Waals surface area contributed by atoms with E-state index in [1.165, 1.54) is 23.2 Å². The Labute approximate surface area is 171 Å². The van der Waals surface area contributed by atoms with Gasteiger partial charge in [-0.25, -0.2) is 9.40 Å². The Hall–Kier alpha value is -3.59. The van der Waals surface area contributed by atoms with Crippen molar-refractivity contribution in [1.29, 1.82) is 0 Å². The number of halogens is 1. The molecule has 1 aliphatic heterocycles. The van der Waals surface area contributed by atoms with Crippen LogP contribution in [0.1, 0.15) is 24.0 Å². The van der Waals surface area contributed by atoms with E-state index in [2.05, 4.69) is 10.4 Å². The van der Waals surface area contributed by atoms with Gasteiger partial charge in [-0.3, -0.25) is 4.79 Å². The Balaban J connectivity index is 1.51. The lowest BCUT2D eigenvalue weighted by atomic mass is 10.1. The van der Waals surface area contributed by atoms with Gasteiger partial charge in [-0.05, 0) is 36.4 Å². The Morgan fingerprint density at radius 2 is 2.10 bits per heavy atom. The molecule has 0 fully saturated rings. The monoisotopic (exact) mass is 413 g/mol. The van der Waals surface area contributed by atoms with Gasteiger partial charge in [0.15, 0.2) is 0 Å². The van der Waals surface area contributed by atoms with Gasteiger partial charge in [0.2, 0.25) is 0 Å². The molecule has 0 aliphatic carbocycles. The molecule has 0 saturated heterocycles. The summed E-state index contributed by atoms with van der Waals surface area (Å²) in [5.74, 6) is 0.622. The van der Waals surface area contributed by atoms with Gasteiger partial charge in [0.05, 0.1) is 31.4 Å². The summed E-state index contributed by atoms with van der Waals surface area (Å²) in [5.41, 5.74) is 1.07. The molecule has 3 heterocycles. The van der Waals surface area contributed by atoms with E-state index in [9.17, 15) is 9.18 Å². The Kier molecular flexibility index (Phi) is 5.80. The highest BCUT2D eigenvalue weighted by atomic mass is 19.1. The molecule has 0 bridgehead atoms. The third-order valence-corrected chi connectivity index (χ3v) is 4.57. The zero-order valence-electron chi connectivity index (χ0n) is 16.0. The van der Waals surface area contributed by atoms with Crippen molar-refractivity contribution in [2.24, 2.45) is 5.10 Å². The van der Waals surface area contributed by atoms with E-state index in [1.807, 2.05) is 0 Å². The van der Waals surface area contributed by atoms with E-state index in [4.69, 9.17) is 18.7 Å². The van der Waals surface area contributed by atoms with Crippen LogP contribution in [-0.2, 0) is 4.79 Å². The van der Waals surface area contributed by atoms with Gasteiger partial charge in [-0.2, -0.15) is 5.10 Å². The number of hydrogen-bond donors (Lipinski definition) is 2. The molecule has 1 atom stereocenters. The molecule has 30 heavy (non-hydrogen) atoms. The van der Waals surface area contributed by atoms with Crippen LogP contribution in [0.2, 0.25) is 0 Å². The van der Waals surface area contributed by atoms with Gasteiger partial charge in [0.25, 0.3) is 5.91 Å². The van der Waals surface area contributed by atoms with Crippen LogP contribution in [-0.4, -0.2) is 41.5 Å². The molecular formula is C21H20FN3O5. The maximum absolute atomic E-state index is 13.5. The molecule has 1 aliphatic rings. The van der Waals surface area contributed by atoms with E-state index in [1.54, 1.807) is 36.8 Å². The number of ether oxygens (including phenoxy) is 1. The predicted octanol–water partition coefficient (Wildman–Crippen LogP) is 3.17. The van der Waals surface area contributed by atoms with Crippen molar-refractivity contribution in [1.82, 2.24) is 5.01 Å². The van der Waals surface area contributed by atoms with Gasteiger partial charge in [0, 0.05) is 12.5 Å². The first-order valence-electron chi connectivity index (χ1n) is 9.39. The van der Waals surface area contributed by atoms with E-state index in [-0.39, 0.29) is 31.4 Å². The Morgan fingerprint density at radius 3 is 2.83 bits per heavy atom. The number of furan rings is 2. The summed E-state index contributed by atoms with van der Waals surface area (Å²) in [6.07, 6.45) is 3.55. The van der Waals surface area contributed by atoms with Crippen LogP contribution < -0.4 is 10.1 Å². The molecule has 0 spiro atoms. The second-order valence-corrected chi connectivity index (χ2v) is 6.56. The Bertz CT molecular complexity index is 1020. The van der Waals surface area contributed by atoms with Crippen LogP contribution in [0, 0.1) is 5.82 Å². The average molecular weight is 413 g/mol.